The number of hydrogen-bond donors (Lipinski definition) is 3. The van der Waals surface area contributed by atoms with Gasteiger partial charge in [0.15, 0.2) is 0 Å². The average Bonchev–Trinajstić information content (AvgIpc) is 2.48. The molecule has 0 saturated heterocycles. The van der Waals surface area contributed by atoms with Crippen LogP contribution in [0.15, 0.2) is 48.5 Å². The molecule has 0 aliphatic carbocycles. The summed E-state index contributed by atoms with van der Waals surface area (Å²) in [7, 11) is 0. The van der Waals surface area contributed by atoms with Crippen LogP contribution in [0.3, 0.4) is 0 Å². The van der Waals surface area contributed by atoms with Crippen LogP contribution in [0.2, 0.25) is 0 Å². The molecule has 2 aromatic rings. The Labute approximate surface area is 123 Å². The SMILES string of the molecule is NC(Cc1ccc(O)cc1CCc1ccccc1)C(=O)O. The van der Waals surface area contributed by atoms with Crippen LogP contribution in [0.4, 0.5) is 0 Å². The van der Waals surface area contributed by atoms with Crippen LogP contribution >= 0.6 is 0 Å². The second-order valence-electron chi connectivity index (χ2n) is 5.09. The zero-order valence-corrected chi connectivity index (χ0v) is 11.7. The number of carboxylic acids is 1. The third-order valence-electron chi connectivity index (χ3n) is 3.47. The van der Waals surface area contributed by atoms with Gasteiger partial charge < -0.3 is 15.9 Å². The van der Waals surface area contributed by atoms with Crippen LogP contribution < -0.4 is 5.73 Å². The first-order valence-electron chi connectivity index (χ1n) is 6.89. The molecule has 0 amide bonds. The van der Waals surface area contributed by atoms with Gasteiger partial charge in [0.05, 0.1) is 0 Å². The molecule has 4 N–H and O–H groups in total. The first-order chi connectivity index (χ1) is 10.1. The number of nitrogens with two attached hydrogens (primary N) is 1. The van der Waals surface area contributed by atoms with E-state index in [-0.39, 0.29) is 12.2 Å². The van der Waals surface area contributed by atoms with E-state index in [4.69, 9.17) is 10.8 Å². The van der Waals surface area contributed by atoms with E-state index in [1.54, 1.807) is 18.2 Å². The van der Waals surface area contributed by atoms with Crippen molar-refractivity contribution in [1.29, 1.82) is 0 Å². The molecule has 110 valence electrons. The van der Waals surface area contributed by atoms with E-state index < -0.39 is 12.0 Å². The number of carbonyl (C=O) groups is 1. The summed E-state index contributed by atoms with van der Waals surface area (Å²) in [5.41, 5.74) is 8.62. The molecule has 0 aliphatic heterocycles. The highest BCUT2D eigenvalue weighted by atomic mass is 16.4. The molecule has 0 aliphatic rings. The van der Waals surface area contributed by atoms with Gasteiger partial charge in [-0.1, -0.05) is 36.4 Å². The maximum Gasteiger partial charge on any atom is 0.320 e. The maximum atomic E-state index is 10.9. The zero-order valence-electron chi connectivity index (χ0n) is 11.7. The minimum Gasteiger partial charge on any atom is -0.508 e. The Hall–Kier alpha value is -2.33. The van der Waals surface area contributed by atoms with Crippen molar-refractivity contribution in [2.24, 2.45) is 5.73 Å². The molecule has 21 heavy (non-hydrogen) atoms. The van der Waals surface area contributed by atoms with Gasteiger partial charge in [-0.3, -0.25) is 4.79 Å². The van der Waals surface area contributed by atoms with E-state index in [0.29, 0.717) is 0 Å². The van der Waals surface area contributed by atoms with Crippen molar-refractivity contribution < 1.29 is 15.0 Å². The molecular formula is C17H19NO3. The summed E-state index contributed by atoms with van der Waals surface area (Å²) in [5.74, 6) is -0.831. The van der Waals surface area contributed by atoms with Crippen LogP contribution in [-0.4, -0.2) is 22.2 Å². The lowest BCUT2D eigenvalue weighted by Gasteiger charge is -2.12. The number of aliphatic carboxylic acids is 1. The Balaban J connectivity index is 2.13. The molecule has 0 heterocycles. The quantitative estimate of drug-likeness (QED) is 0.759. The maximum absolute atomic E-state index is 10.9. The van der Waals surface area contributed by atoms with Gasteiger partial charge >= 0.3 is 5.97 Å². The number of aromatic hydroxyl groups is 1. The smallest absolute Gasteiger partial charge is 0.320 e. The Bertz CT molecular complexity index is 611. The highest BCUT2D eigenvalue weighted by Gasteiger charge is 2.14. The van der Waals surface area contributed by atoms with E-state index in [1.165, 1.54) is 5.56 Å². The van der Waals surface area contributed by atoms with Gasteiger partial charge in [-0.05, 0) is 48.1 Å². The number of phenolic OH excluding ortho intramolecular Hbond substituents is 1. The number of hydrogen-bond acceptors (Lipinski definition) is 3. The molecule has 4 heteroatoms. The van der Waals surface area contributed by atoms with E-state index in [1.807, 2.05) is 30.3 Å². The zero-order chi connectivity index (χ0) is 15.2. The minimum absolute atomic E-state index is 0.186. The van der Waals surface area contributed by atoms with Gasteiger partial charge in [-0.2, -0.15) is 0 Å². The van der Waals surface area contributed by atoms with Gasteiger partial charge in [-0.15, -0.1) is 0 Å². The molecule has 2 aromatic carbocycles. The molecule has 2 rings (SSSR count). The predicted molar refractivity (Wildman–Crippen MR) is 81.3 cm³/mol. The van der Waals surface area contributed by atoms with Crippen molar-refractivity contribution in [3.63, 3.8) is 0 Å². The van der Waals surface area contributed by atoms with Crippen molar-refractivity contribution in [3.8, 4) is 5.75 Å². The average molecular weight is 285 g/mol. The summed E-state index contributed by atoms with van der Waals surface area (Å²) in [5, 5.41) is 18.6. The Morgan fingerprint density at radius 2 is 1.76 bits per heavy atom. The number of aryl methyl sites for hydroxylation is 2. The normalized spacial score (nSPS) is 12.0. The third kappa shape index (κ3) is 4.33. The molecule has 0 aromatic heterocycles. The fourth-order valence-corrected chi connectivity index (χ4v) is 2.29. The Morgan fingerprint density at radius 3 is 2.43 bits per heavy atom. The highest BCUT2D eigenvalue weighted by Crippen LogP contribution is 2.20. The lowest BCUT2D eigenvalue weighted by atomic mass is 9.95. The van der Waals surface area contributed by atoms with E-state index >= 15 is 0 Å². The van der Waals surface area contributed by atoms with Crippen molar-refractivity contribution in [3.05, 3.63) is 65.2 Å². The van der Waals surface area contributed by atoms with Gasteiger partial charge in [0.25, 0.3) is 0 Å². The van der Waals surface area contributed by atoms with E-state index in [2.05, 4.69) is 0 Å². The topological polar surface area (TPSA) is 83.5 Å². The van der Waals surface area contributed by atoms with Crippen molar-refractivity contribution in [2.45, 2.75) is 25.3 Å². The summed E-state index contributed by atoms with van der Waals surface area (Å²) in [6, 6.07) is 14.1. The fourth-order valence-electron chi connectivity index (χ4n) is 2.29. The van der Waals surface area contributed by atoms with Gasteiger partial charge in [0.1, 0.15) is 11.8 Å². The van der Waals surface area contributed by atoms with Crippen LogP contribution in [0.1, 0.15) is 16.7 Å². The largest absolute Gasteiger partial charge is 0.508 e. The minimum atomic E-state index is -1.02. The molecule has 0 radical (unpaired) electrons. The number of phenols is 1. The van der Waals surface area contributed by atoms with Crippen LogP contribution in [0.5, 0.6) is 5.75 Å². The van der Waals surface area contributed by atoms with Crippen LogP contribution in [0, 0.1) is 0 Å². The summed E-state index contributed by atoms with van der Waals surface area (Å²) >= 11 is 0. The predicted octanol–water partition coefficient (Wildman–Crippen LogP) is 2.13. The fraction of sp³-hybridized carbons (Fsp3) is 0.235. The Morgan fingerprint density at radius 1 is 1.05 bits per heavy atom. The highest BCUT2D eigenvalue weighted by molar-refractivity contribution is 5.73. The first kappa shape index (κ1) is 15.1. The van der Waals surface area contributed by atoms with Crippen LogP contribution in [-0.2, 0) is 24.1 Å². The van der Waals surface area contributed by atoms with Crippen LogP contribution in [0.25, 0.3) is 0 Å². The molecule has 4 nitrogen and oxygen atoms in total. The van der Waals surface area contributed by atoms with E-state index in [0.717, 1.165) is 24.0 Å². The molecule has 0 bridgehead atoms. The monoisotopic (exact) mass is 285 g/mol. The molecule has 0 saturated carbocycles. The van der Waals surface area contributed by atoms with Gasteiger partial charge in [-0.25, -0.2) is 0 Å². The van der Waals surface area contributed by atoms with E-state index in [9.17, 15) is 9.90 Å². The molecule has 1 unspecified atom stereocenters. The second-order valence-corrected chi connectivity index (χ2v) is 5.09. The van der Waals surface area contributed by atoms with Crippen molar-refractivity contribution >= 4 is 5.97 Å². The van der Waals surface area contributed by atoms with Gasteiger partial charge in [0, 0.05) is 0 Å². The number of carboxylic acid groups (broad SMARTS) is 1. The summed E-state index contributed by atoms with van der Waals surface area (Å²) < 4.78 is 0. The molecular weight excluding hydrogens is 266 g/mol. The van der Waals surface area contributed by atoms with Gasteiger partial charge in [0.2, 0.25) is 0 Å². The summed E-state index contributed by atoms with van der Waals surface area (Å²) in [6.45, 7) is 0. The first-order valence-corrected chi connectivity index (χ1v) is 6.89. The third-order valence-corrected chi connectivity index (χ3v) is 3.47. The number of benzene rings is 2. The lowest BCUT2D eigenvalue weighted by molar-refractivity contribution is -0.138. The summed E-state index contributed by atoms with van der Waals surface area (Å²) in [6.07, 6.45) is 1.83. The lowest BCUT2D eigenvalue weighted by Crippen LogP contribution is -2.32. The number of rotatable bonds is 6. The molecule has 0 spiro atoms. The Kier molecular flexibility index (Phi) is 4.95. The standard InChI is InChI=1S/C17H19NO3/c18-16(17(20)21)11-14-8-9-15(19)10-13(14)7-6-12-4-2-1-3-5-12/h1-5,8-10,16,19H,6-7,11,18H2,(H,20,21). The van der Waals surface area contributed by atoms with Crippen molar-refractivity contribution in [1.82, 2.24) is 0 Å². The molecule has 1 atom stereocenters. The summed E-state index contributed by atoms with van der Waals surface area (Å²) in [4.78, 5) is 10.9. The van der Waals surface area contributed by atoms with Crippen molar-refractivity contribution in [2.75, 3.05) is 0 Å². The second kappa shape index (κ2) is 6.90. The molecule has 0 fully saturated rings.